The third-order valence-electron chi connectivity index (χ3n) is 5.47. The minimum Gasteiger partial charge on any atom is -0.459 e. The smallest absolute Gasteiger partial charge is 0.411 e. The van der Waals surface area contributed by atoms with Crippen LogP contribution in [0, 0.1) is 11.8 Å². The van der Waals surface area contributed by atoms with E-state index in [1.807, 2.05) is 30.3 Å². The number of aromatic nitrogens is 3. The first kappa shape index (κ1) is 27.1. The van der Waals surface area contributed by atoms with Crippen molar-refractivity contribution >= 4 is 34.4 Å². The topological polar surface area (TPSA) is 112 Å². The number of carbonyl (C=O) groups is 3. The zero-order valence-electron chi connectivity index (χ0n) is 22.1. The average Bonchev–Trinajstić information content (AvgIpc) is 3.23. The van der Waals surface area contributed by atoms with E-state index < -0.39 is 17.7 Å². The van der Waals surface area contributed by atoms with Crippen LogP contribution in [0.15, 0.2) is 67.4 Å². The Hall–Kier alpha value is -4.97. The van der Waals surface area contributed by atoms with Crippen LogP contribution in [0.2, 0.25) is 0 Å². The van der Waals surface area contributed by atoms with Crippen LogP contribution in [0.5, 0.6) is 0 Å². The number of anilines is 1. The number of nitrogens with one attached hydrogen (secondary N) is 1. The summed E-state index contributed by atoms with van der Waals surface area (Å²) in [5, 5.41) is 3.34. The first-order chi connectivity index (χ1) is 18.6. The van der Waals surface area contributed by atoms with Crippen LogP contribution in [0.1, 0.15) is 54.7 Å². The van der Waals surface area contributed by atoms with Crippen molar-refractivity contribution in [2.24, 2.45) is 0 Å². The van der Waals surface area contributed by atoms with Crippen LogP contribution in [0.4, 0.5) is 10.5 Å². The molecule has 2 aromatic carbocycles. The van der Waals surface area contributed by atoms with Crippen molar-refractivity contribution in [2.45, 2.75) is 46.4 Å². The van der Waals surface area contributed by atoms with Gasteiger partial charge < -0.3 is 14.0 Å². The highest BCUT2D eigenvalue weighted by Crippen LogP contribution is 2.29. The zero-order valence-corrected chi connectivity index (χ0v) is 22.1. The molecule has 198 valence electrons. The second-order valence-corrected chi connectivity index (χ2v) is 9.79. The van der Waals surface area contributed by atoms with Crippen molar-refractivity contribution in [3.05, 3.63) is 89.6 Å². The van der Waals surface area contributed by atoms with E-state index in [1.54, 1.807) is 56.1 Å². The van der Waals surface area contributed by atoms with E-state index in [2.05, 4.69) is 27.1 Å². The Labute approximate surface area is 226 Å². The number of ether oxygens (including phenoxy) is 2. The van der Waals surface area contributed by atoms with Crippen LogP contribution in [0.25, 0.3) is 10.9 Å². The fourth-order valence-electron chi connectivity index (χ4n) is 3.84. The molecular weight excluding hydrogens is 496 g/mol. The van der Waals surface area contributed by atoms with E-state index in [0.717, 1.165) is 5.56 Å². The number of hydrogen-bond acceptors (Lipinski definition) is 7. The summed E-state index contributed by atoms with van der Waals surface area (Å²) < 4.78 is 12.5. The molecule has 4 aromatic rings. The molecule has 2 aromatic heterocycles. The maximum absolute atomic E-state index is 12.7. The summed E-state index contributed by atoms with van der Waals surface area (Å²) in [6, 6.07) is 12.7. The summed E-state index contributed by atoms with van der Waals surface area (Å²) in [4.78, 5) is 45.8. The standard InChI is InChI=1S/C30H28N4O5/c1-20(35)25-16-34(17-28(36)39-30(2,3)4)27-13-26(33-29(37)38-18-21-8-6-5-7-9-21)23(12-24(25)27)11-10-22-14-31-19-32-15-22/h5-9,12-16,19H,17-18H2,1-4H3,(H,33,37). The third-order valence-corrected chi connectivity index (χ3v) is 5.47. The Bertz CT molecular complexity index is 1580. The lowest BCUT2D eigenvalue weighted by molar-refractivity contribution is -0.155. The maximum Gasteiger partial charge on any atom is 0.411 e. The molecule has 1 amide bonds. The highest BCUT2D eigenvalue weighted by atomic mass is 16.6. The molecule has 39 heavy (non-hydrogen) atoms. The van der Waals surface area contributed by atoms with Gasteiger partial charge in [0.2, 0.25) is 0 Å². The number of rotatable bonds is 6. The van der Waals surface area contributed by atoms with Gasteiger partial charge in [-0.15, -0.1) is 0 Å². The van der Waals surface area contributed by atoms with E-state index in [-0.39, 0.29) is 18.9 Å². The van der Waals surface area contributed by atoms with E-state index in [1.165, 1.54) is 13.3 Å². The van der Waals surface area contributed by atoms with Gasteiger partial charge in [0.15, 0.2) is 5.78 Å². The molecule has 0 radical (unpaired) electrons. The minimum absolute atomic E-state index is 0.0841. The highest BCUT2D eigenvalue weighted by molar-refractivity contribution is 6.08. The second-order valence-electron chi connectivity index (χ2n) is 9.79. The van der Waals surface area contributed by atoms with Crippen LogP contribution >= 0.6 is 0 Å². The molecule has 4 rings (SSSR count). The molecule has 9 nitrogen and oxygen atoms in total. The van der Waals surface area contributed by atoms with Crippen molar-refractivity contribution in [2.75, 3.05) is 5.32 Å². The summed E-state index contributed by atoms with van der Waals surface area (Å²) in [5.41, 5.74) is 2.51. The molecule has 0 fully saturated rings. The molecule has 1 N–H and O–H groups in total. The number of nitrogens with zero attached hydrogens (tertiary/aromatic N) is 3. The van der Waals surface area contributed by atoms with E-state index >= 15 is 0 Å². The summed E-state index contributed by atoms with van der Waals surface area (Å²) in [5.74, 6) is 5.37. The number of carbonyl (C=O) groups excluding carboxylic acids is 3. The zero-order chi connectivity index (χ0) is 28.0. The van der Waals surface area contributed by atoms with Gasteiger partial charge >= 0.3 is 12.1 Å². The van der Waals surface area contributed by atoms with E-state index in [0.29, 0.717) is 33.3 Å². The van der Waals surface area contributed by atoms with E-state index in [4.69, 9.17) is 9.47 Å². The summed E-state index contributed by atoms with van der Waals surface area (Å²) in [6.07, 6.45) is 5.47. The van der Waals surface area contributed by atoms with Gasteiger partial charge in [-0.2, -0.15) is 0 Å². The number of Topliss-reactive ketones (excluding diaryl/α,β-unsaturated/α-hetero) is 1. The van der Waals surface area contributed by atoms with Crippen molar-refractivity contribution in [1.82, 2.24) is 14.5 Å². The number of esters is 1. The van der Waals surface area contributed by atoms with Crippen LogP contribution in [-0.2, 0) is 27.4 Å². The van der Waals surface area contributed by atoms with Crippen LogP contribution in [0.3, 0.4) is 0 Å². The number of fused-ring (bicyclic) bond motifs is 1. The molecule has 0 saturated heterocycles. The van der Waals surface area contributed by atoms with Gasteiger partial charge in [0.05, 0.1) is 16.8 Å². The summed E-state index contributed by atoms with van der Waals surface area (Å²) >= 11 is 0. The predicted molar refractivity (Wildman–Crippen MR) is 146 cm³/mol. The Kier molecular flexibility index (Phi) is 8.06. The van der Waals surface area contributed by atoms with Gasteiger partial charge in [0, 0.05) is 35.1 Å². The Morgan fingerprint density at radius 1 is 1.03 bits per heavy atom. The number of benzene rings is 2. The Balaban J connectivity index is 1.74. The van der Waals surface area contributed by atoms with Crippen LogP contribution in [-0.4, -0.2) is 38.0 Å². The van der Waals surface area contributed by atoms with Crippen molar-refractivity contribution in [1.29, 1.82) is 0 Å². The van der Waals surface area contributed by atoms with Crippen molar-refractivity contribution in [3.63, 3.8) is 0 Å². The molecule has 0 atom stereocenters. The largest absolute Gasteiger partial charge is 0.459 e. The first-order valence-corrected chi connectivity index (χ1v) is 12.2. The van der Waals surface area contributed by atoms with Gasteiger partial charge in [0.25, 0.3) is 0 Å². The maximum atomic E-state index is 12.7. The molecule has 9 heteroatoms. The molecule has 2 heterocycles. The number of ketones is 1. The van der Waals surface area contributed by atoms with Gasteiger partial charge in [-0.1, -0.05) is 42.2 Å². The van der Waals surface area contributed by atoms with Crippen molar-refractivity contribution in [3.8, 4) is 11.8 Å². The van der Waals surface area contributed by atoms with Gasteiger partial charge in [-0.25, -0.2) is 14.8 Å². The van der Waals surface area contributed by atoms with Gasteiger partial charge in [-0.05, 0) is 45.4 Å². The Morgan fingerprint density at radius 2 is 1.74 bits per heavy atom. The minimum atomic E-state index is -0.679. The molecule has 0 unspecified atom stereocenters. The second kappa shape index (κ2) is 11.6. The Morgan fingerprint density at radius 3 is 2.41 bits per heavy atom. The molecule has 0 aliphatic carbocycles. The lowest BCUT2D eigenvalue weighted by atomic mass is 10.1. The average molecular weight is 525 g/mol. The molecule has 0 spiro atoms. The fraction of sp³-hybridized carbons (Fsp3) is 0.233. The van der Waals surface area contributed by atoms with Gasteiger partial charge in [0.1, 0.15) is 25.1 Å². The molecule has 0 aliphatic heterocycles. The number of amides is 1. The lowest BCUT2D eigenvalue weighted by Gasteiger charge is -2.20. The van der Waals surface area contributed by atoms with Crippen LogP contribution < -0.4 is 5.32 Å². The predicted octanol–water partition coefficient (Wildman–Crippen LogP) is 5.12. The highest BCUT2D eigenvalue weighted by Gasteiger charge is 2.21. The quantitative estimate of drug-likeness (QED) is 0.212. The molecule has 0 saturated carbocycles. The third kappa shape index (κ3) is 7.29. The molecule has 0 bridgehead atoms. The van der Waals surface area contributed by atoms with Gasteiger partial charge in [-0.3, -0.25) is 14.9 Å². The summed E-state index contributed by atoms with van der Waals surface area (Å²) in [7, 11) is 0. The normalized spacial score (nSPS) is 10.9. The number of hydrogen-bond donors (Lipinski definition) is 1. The molecular formula is C30H28N4O5. The lowest BCUT2D eigenvalue weighted by Crippen LogP contribution is -2.26. The van der Waals surface area contributed by atoms with Crippen molar-refractivity contribution < 1.29 is 23.9 Å². The SMILES string of the molecule is CC(=O)c1cn(CC(=O)OC(C)(C)C)c2cc(NC(=O)OCc3ccccc3)c(C#Cc3cncnc3)cc12. The monoisotopic (exact) mass is 524 g/mol. The summed E-state index contributed by atoms with van der Waals surface area (Å²) in [6.45, 7) is 6.76. The first-order valence-electron chi connectivity index (χ1n) is 12.2. The molecule has 0 aliphatic rings. The fourth-order valence-corrected chi connectivity index (χ4v) is 3.84. The van der Waals surface area contributed by atoms with E-state index in [9.17, 15) is 14.4 Å².